The third-order valence-electron chi connectivity index (χ3n) is 3.04. The van der Waals surface area contributed by atoms with Crippen LogP contribution in [0.15, 0.2) is 36.7 Å². The summed E-state index contributed by atoms with van der Waals surface area (Å²) >= 11 is 1.92. The van der Waals surface area contributed by atoms with E-state index in [1.807, 2.05) is 24.2 Å². The van der Waals surface area contributed by atoms with Crippen LogP contribution in [0.5, 0.6) is 0 Å². The number of fused-ring (bicyclic) bond motifs is 1. The van der Waals surface area contributed by atoms with Crippen LogP contribution in [0.4, 0.5) is 0 Å². The molecule has 0 radical (unpaired) electrons. The molecule has 0 bridgehead atoms. The lowest BCUT2D eigenvalue weighted by Crippen LogP contribution is -2.15. The summed E-state index contributed by atoms with van der Waals surface area (Å²) < 4.78 is 0. The largest absolute Gasteiger partial charge is 0.313 e. The molecule has 3 heteroatoms. The predicted octanol–water partition coefficient (Wildman–Crippen LogP) is 3.47. The van der Waals surface area contributed by atoms with Crippen molar-refractivity contribution in [1.82, 2.24) is 10.3 Å². The third-order valence-corrected chi connectivity index (χ3v) is 3.74. The van der Waals surface area contributed by atoms with E-state index >= 15 is 0 Å². The summed E-state index contributed by atoms with van der Waals surface area (Å²) in [5.74, 6) is 1.27. The Balaban J connectivity index is 1.88. The Morgan fingerprint density at radius 3 is 3.06 bits per heavy atom. The fourth-order valence-electron chi connectivity index (χ4n) is 2.06. The minimum atomic E-state index is 0.945. The van der Waals surface area contributed by atoms with Crippen molar-refractivity contribution in [2.45, 2.75) is 19.4 Å². The summed E-state index contributed by atoms with van der Waals surface area (Å²) in [7, 11) is 0. The van der Waals surface area contributed by atoms with E-state index in [4.69, 9.17) is 0 Å². The molecule has 0 fully saturated rings. The SMILES string of the molecule is CSCCCCNCc1cccc2cnccc12. The van der Waals surface area contributed by atoms with Crippen molar-refractivity contribution >= 4 is 22.5 Å². The first-order chi connectivity index (χ1) is 8.92. The molecule has 2 aromatic rings. The molecule has 0 aliphatic rings. The summed E-state index contributed by atoms with van der Waals surface area (Å²) in [4.78, 5) is 4.16. The van der Waals surface area contributed by atoms with Crippen molar-refractivity contribution in [3.8, 4) is 0 Å². The lowest BCUT2D eigenvalue weighted by Gasteiger charge is -2.07. The molecular formula is C15H20N2S. The maximum atomic E-state index is 4.16. The van der Waals surface area contributed by atoms with Crippen LogP contribution in [0.2, 0.25) is 0 Å². The van der Waals surface area contributed by atoms with Crippen LogP contribution in [0.1, 0.15) is 18.4 Å². The average molecular weight is 260 g/mol. The number of aromatic nitrogens is 1. The maximum absolute atomic E-state index is 4.16. The van der Waals surface area contributed by atoms with Crippen LogP contribution in [0.3, 0.4) is 0 Å². The molecule has 0 amide bonds. The Hall–Kier alpha value is -1.06. The van der Waals surface area contributed by atoms with Crippen LogP contribution < -0.4 is 5.32 Å². The summed E-state index contributed by atoms with van der Waals surface area (Å²) in [6, 6.07) is 8.51. The first-order valence-corrected chi connectivity index (χ1v) is 7.82. The smallest absolute Gasteiger partial charge is 0.0346 e. The molecule has 0 spiro atoms. The van der Waals surface area contributed by atoms with Gasteiger partial charge < -0.3 is 5.32 Å². The van der Waals surface area contributed by atoms with Crippen LogP contribution in [0.25, 0.3) is 10.8 Å². The fraction of sp³-hybridized carbons (Fsp3) is 0.400. The van der Waals surface area contributed by atoms with Gasteiger partial charge in [0.15, 0.2) is 0 Å². The summed E-state index contributed by atoms with van der Waals surface area (Å²) in [6.45, 7) is 2.04. The van der Waals surface area contributed by atoms with E-state index < -0.39 is 0 Å². The lowest BCUT2D eigenvalue weighted by molar-refractivity contribution is 0.646. The first kappa shape index (κ1) is 13.4. The van der Waals surface area contributed by atoms with Gasteiger partial charge >= 0.3 is 0 Å². The van der Waals surface area contributed by atoms with Crippen molar-refractivity contribution in [2.24, 2.45) is 0 Å². The van der Waals surface area contributed by atoms with Gasteiger partial charge in [0.05, 0.1) is 0 Å². The molecule has 0 aliphatic heterocycles. The van der Waals surface area contributed by atoms with Crippen LogP contribution in [-0.2, 0) is 6.54 Å². The molecule has 0 saturated carbocycles. The van der Waals surface area contributed by atoms with Crippen LogP contribution in [0, 0.1) is 0 Å². The Morgan fingerprint density at radius 2 is 2.17 bits per heavy atom. The molecule has 0 unspecified atom stereocenters. The van der Waals surface area contributed by atoms with Gasteiger partial charge in [-0.3, -0.25) is 4.98 Å². The van der Waals surface area contributed by atoms with Gasteiger partial charge in [-0.05, 0) is 48.4 Å². The van der Waals surface area contributed by atoms with E-state index in [2.05, 4.69) is 40.8 Å². The van der Waals surface area contributed by atoms with Gasteiger partial charge in [0.25, 0.3) is 0 Å². The van der Waals surface area contributed by atoms with E-state index in [0.717, 1.165) is 13.1 Å². The fourth-order valence-corrected chi connectivity index (χ4v) is 2.56. The van der Waals surface area contributed by atoms with Crippen molar-refractivity contribution in [2.75, 3.05) is 18.6 Å². The van der Waals surface area contributed by atoms with Crippen molar-refractivity contribution < 1.29 is 0 Å². The molecule has 18 heavy (non-hydrogen) atoms. The summed E-state index contributed by atoms with van der Waals surface area (Å²) in [5, 5.41) is 6.05. The van der Waals surface area contributed by atoms with E-state index in [1.165, 1.54) is 34.9 Å². The Kier molecular flexibility index (Phi) is 5.49. The highest BCUT2D eigenvalue weighted by Crippen LogP contribution is 2.17. The third kappa shape index (κ3) is 3.72. The zero-order chi connectivity index (χ0) is 12.6. The molecule has 1 aromatic carbocycles. The van der Waals surface area contributed by atoms with Crippen molar-refractivity contribution in [3.05, 3.63) is 42.2 Å². The second-order valence-corrected chi connectivity index (χ2v) is 5.38. The topological polar surface area (TPSA) is 24.9 Å². The van der Waals surface area contributed by atoms with E-state index in [9.17, 15) is 0 Å². The molecule has 0 atom stereocenters. The maximum Gasteiger partial charge on any atom is 0.0346 e. The number of benzene rings is 1. The number of thioether (sulfide) groups is 1. The first-order valence-electron chi connectivity index (χ1n) is 6.43. The highest BCUT2D eigenvalue weighted by Gasteiger charge is 1.99. The number of nitrogens with one attached hydrogen (secondary N) is 1. The predicted molar refractivity (Wildman–Crippen MR) is 81.1 cm³/mol. The number of nitrogens with zero attached hydrogens (tertiary/aromatic N) is 1. The molecule has 2 rings (SSSR count). The van der Waals surface area contributed by atoms with Gasteiger partial charge in [-0.2, -0.15) is 11.8 Å². The van der Waals surface area contributed by atoms with Gasteiger partial charge in [0, 0.05) is 24.3 Å². The van der Waals surface area contributed by atoms with Gasteiger partial charge in [-0.25, -0.2) is 0 Å². The number of hydrogen-bond donors (Lipinski definition) is 1. The molecular weight excluding hydrogens is 240 g/mol. The van der Waals surface area contributed by atoms with Gasteiger partial charge in [-0.15, -0.1) is 0 Å². The molecule has 1 heterocycles. The molecule has 0 aliphatic carbocycles. The van der Waals surface area contributed by atoms with Crippen molar-refractivity contribution in [3.63, 3.8) is 0 Å². The molecule has 96 valence electrons. The zero-order valence-corrected chi connectivity index (χ0v) is 11.7. The molecule has 2 nitrogen and oxygen atoms in total. The van der Waals surface area contributed by atoms with Gasteiger partial charge in [0.2, 0.25) is 0 Å². The second kappa shape index (κ2) is 7.39. The summed E-state index contributed by atoms with van der Waals surface area (Å²) in [6.07, 6.45) is 8.51. The van der Waals surface area contributed by atoms with Crippen molar-refractivity contribution in [1.29, 1.82) is 0 Å². The molecule has 1 N–H and O–H groups in total. The van der Waals surface area contributed by atoms with Gasteiger partial charge in [-0.1, -0.05) is 18.2 Å². The van der Waals surface area contributed by atoms with Crippen LogP contribution in [-0.4, -0.2) is 23.5 Å². The average Bonchev–Trinajstić information content (AvgIpc) is 2.43. The molecule has 0 saturated heterocycles. The Morgan fingerprint density at radius 1 is 1.22 bits per heavy atom. The highest BCUT2D eigenvalue weighted by atomic mass is 32.2. The van der Waals surface area contributed by atoms with Gasteiger partial charge in [0.1, 0.15) is 0 Å². The number of rotatable bonds is 7. The number of unbranched alkanes of at least 4 members (excludes halogenated alkanes) is 1. The lowest BCUT2D eigenvalue weighted by atomic mass is 10.1. The second-order valence-electron chi connectivity index (χ2n) is 4.39. The number of hydrogen-bond acceptors (Lipinski definition) is 3. The van der Waals surface area contributed by atoms with E-state index in [-0.39, 0.29) is 0 Å². The quantitative estimate of drug-likeness (QED) is 0.772. The minimum Gasteiger partial charge on any atom is -0.313 e. The number of pyridine rings is 1. The van der Waals surface area contributed by atoms with E-state index in [1.54, 1.807) is 0 Å². The zero-order valence-electron chi connectivity index (χ0n) is 10.9. The summed E-state index contributed by atoms with van der Waals surface area (Å²) in [5.41, 5.74) is 1.36. The van der Waals surface area contributed by atoms with E-state index in [0.29, 0.717) is 0 Å². The van der Waals surface area contributed by atoms with Crippen LogP contribution >= 0.6 is 11.8 Å². The Bertz CT molecular complexity index is 479. The monoisotopic (exact) mass is 260 g/mol. The standard InChI is InChI=1S/C15H20N2S/c1-18-10-3-2-8-16-11-13-5-4-6-14-12-17-9-7-15(13)14/h4-7,9,12,16H,2-3,8,10-11H2,1H3. The molecule has 1 aromatic heterocycles. The Labute approximate surface area is 113 Å². The highest BCUT2D eigenvalue weighted by molar-refractivity contribution is 7.98. The minimum absolute atomic E-state index is 0.945. The normalized spacial score (nSPS) is 10.9.